The Hall–Kier alpha value is -1.74. The fourth-order valence-electron chi connectivity index (χ4n) is 3.21. The second kappa shape index (κ2) is 8.18. The van der Waals surface area contributed by atoms with Crippen LogP contribution in [0.3, 0.4) is 0 Å². The number of rotatable bonds is 5. The first-order valence-electron chi connectivity index (χ1n) is 9.03. The molecule has 29 heavy (non-hydrogen) atoms. The van der Waals surface area contributed by atoms with E-state index in [2.05, 4.69) is 15.9 Å². The fraction of sp³-hybridized carbons (Fsp3) is 0.238. The quantitative estimate of drug-likeness (QED) is 0.423. The molecule has 0 amide bonds. The Morgan fingerprint density at radius 3 is 2.66 bits per heavy atom. The summed E-state index contributed by atoms with van der Waals surface area (Å²) in [5.74, 6) is 0.275. The minimum Gasteiger partial charge on any atom is -0.487 e. The molecule has 3 aromatic rings. The van der Waals surface area contributed by atoms with Crippen molar-refractivity contribution in [1.29, 1.82) is 0 Å². The van der Waals surface area contributed by atoms with Crippen LogP contribution in [0.2, 0.25) is 0 Å². The Morgan fingerprint density at radius 1 is 1.21 bits per heavy atom. The largest absolute Gasteiger partial charge is 0.487 e. The van der Waals surface area contributed by atoms with E-state index in [1.807, 2.05) is 19.1 Å². The number of hydrogen-bond donors (Lipinski definition) is 0. The number of hydrogen-bond acceptors (Lipinski definition) is 5. The van der Waals surface area contributed by atoms with E-state index in [1.165, 1.54) is 35.6 Å². The zero-order valence-electron chi connectivity index (χ0n) is 15.5. The summed E-state index contributed by atoms with van der Waals surface area (Å²) in [6.45, 7) is 1.79. The van der Waals surface area contributed by atoms with Crippen molar-refractivity contribution in [3.8, 4) is 16.2 Å². The Bertz CT molecular complexity index is 1140. The number of benzene rings is 2. The lowest BCUT2D eigenvalue weighted by molar-refractivity contribution is 0.113. The zero-order chi connectivity index (χ0) is 20.6. The fourth-order valence-corrected chi connectivity index (χ4v) is 5.55. The topological polar surface area (TPSA) is 52.6 Å². The van der Waals surface area contributed by atoms with E-state index in [1.54, 1.807) is 12.1 Å². The first kappa shape index (κ1) is 20.5. The lowest BCUT2D eigenvalue weighted by atomic mass is 9.98. The van der Waals surface area contributed by atoms with Crippen LogP contribution in [0, 0.1) is 12.7 Å². The number of halogens is 2. The highest BCUT2D eigenvalue weighted by molar-refractivity contribution is 9.11. The number of ether oxygens (including phenoxy) is 1. The smallest absolute Gasteiger partial charge is 0.297 e. The van der Waals surface area contributed by atoms with Gasteiger partial charge in [0.25, 0.3) is 10.1 Å². The average molecular weight is 497 g/mol. The van der Waals surface area contributed by atoms with Gasteiger partial charge in [-0.25, -0.2) is 4.39 Å². The predicted molar refractivity (Wildman–Crippen MR) is 114 cm³/mol. The van der Waals surface area contributed by atoms with Crippen molar-refractivity contribution in [2.45, 2.75) is 30.8 Å². The second-order valence-corrected chi connectivity index (χ2v) is 11.0. The molecule has 1 aliphatic heterocycles. The highest BCUT2D eigenvalue weighted by Gasteiger charge is 2.27. The first-order valence-corrected chi connectivity index (χ1v) is 12.0. The molecule has 152 valence electrons. The van der Waals surface area contributed by atoms with Crippen LogP contribution >= 0.6 is 27.3 Å². The van der Waals surface area contributed by atoms with Crippen molar-refractivity contribution in [1.82, 2.24) is 0 Å². The van der Waals surface area contributed by atoms with Gasteiger partial charge in [-0.2, -0.15) is 8.42 Å². The van der Waals surface area contributed by atoms with Crippen LogP contribution in [0.4, 0.5) is 4.39 Å². The van der Waals surface area contributed by atoms with Gasteiger partial charge in [-0.1, -0.05) is 17.7 Å². The maximum Gasteiger partial charge on any atom is 0.297 e. The maximum absolute atomic E-state index is 14.1. The van der Waals surface area contributed by atoms with E-state index in [9.17, 15) is 12.8 Å². The first-order chi connectivity index (χ1) is 13.8. The molecule has 4 rings (SSSR count). The van der Waals surface area contributed by atoms with Crippen molar-refractivity contribution >= 4 is 37.4 Å². The molecular weight excluding hydrogens is 479 g/mol. The second-order valence-electron chi connectivity index (χ2n) is 6.88. The minimum atomic E-state index is -3.86. The number of thiophene rings is 1. The van der Waals surface area contributed by atoms with Crippen LogP contribution in [0.25, 0.3) is 10.4 Å². The highest BCUT2D eigenvalue weighted by Crippen LogP contribution is 2.42. The van der Waals surface area contributed by atoms with Crippen molar-refractivity contribution in [3.05, 3.63) is 69.3 Å². The van der Waals surface area contributed by atoms with E-state index in [0.717, 1.165) is 19.8 Å². The van der Waals surface area contributed by atoms with Gasteiger partial charge in [0.1, 0.15) is 24.3 Å². The molecule has 8 heteroatoms. The molecule has 0 aliphatic carbocycles. The van der Waals surface area contributed by atoms with Gasteiger partial charge >= 0.3 is 0 Å². The summed E-state index contributed by atoms with van der Waals surface area (Å²) in [7, 11) is -3.86. The Balaban J connectivity index is 1.53. The lowest BCUT2D eigenvalue weighted by Gasteiger charge is -2.27. The monoisotopic (exact) mass is 496 g/mol. The standard InChI is InChI=1S/C21H18BrFO4S2/c1-13-2-6-17(7-3-13)29(24,25)26-12-16-5-4-14-10-15(23)11-18(21(14)27-16)19-8-9-20(22)28-19/h2-3,6-11,16H,4-5,12H2,1H3. The van der Waals surface area contributed by atoms with Crippen molar-refractivity contribution in [3.63, 3.8) is 0 Å². The molecule has 0 N–H and O–H groups in total. The van der Waals surface area contributed by atoms with E-state index < -0.39 is 16.2 Å². The van der Waals surface area contributed by atoms with Crippen LogP contribution in [-0.2, 0) is 20.7 Å². The summed E-state index contributed by atoms with van der Waals surface area (Å²) < 4.78 is 51.2. The summed E-state index contributed by atoms with van der Waals surface area (Å²) in [5, 5.41) is 0. The summed E-state index contributed by atoms with van der Waals surface area (Å²) in [4.78, 5) is 0.993. The van der Waals surface area contributed by atoms with Gasteiger partial charge in [0, 0.05) is 10.4 Å². The molecule has 0 radical (unpaired) electrons. The molecule has 1 unspecified atom stereocenters. The number of aryl methyl sites for hydroxylation is 2. The van der Waals surface area contributed by atoms with Gasteiger partial charge in [0.05, 0.1) is 8.68 Å². The van der Waals surface area contributed by atoms with Crippen LogP contribution in [-0.4, -0.2) is 21.1 Å². The van der Waals surface area contributed by atoms with Gasteiger partial charge in [-0.15, -0.1) is 11.3 Å². The van der Waals surface area contributed by atoms with Crippen LogP contribution in [0.5, 0.6) is 5.75 Å². The van der Waals surface area contributed by atoms with Crippen LogP contribution in [0.1, 0.15) is 17.5 Å². The molecule has 4 nitrogen and oxygen atoms in total. The third-order valence-electron chi connectivity index (χ3n) is 4.71. The highest BCUT2D eigenvalue weighted by atomic mass is 79.9. The normalized spacial score (nSPS) is 16.3. The maximum atomic E-state index is 14.1. The summed E-state index contributed by atoms with van der Waals surface area (Å²) in [5.41, 5.74) is 2.42. The summed E-state index contributed by atoms with van der Waals surface area (Å²) in [6, 6.07) is 13.2. The molecule has 0 fully saturated rings. The zero-order valence-corrected chi connectivity index (χ0v) is 18.7. The Labute approximate surface area is 181 Å². The molecule has 2 aromatic carbocycles. The van der Waals surface area contributed by atoms with E-state index >= 15 is 0 Å². The summed E-state index contributed by atoms with van der Waals surface area (Å²) >= 11 is 4.91. The van der Waals surface area contributed by atoms with Crippen molar-refractivity contribution < 1.29 is 21.7 Å². The van der Waals surface area contributed by atoms with Crippen molar-refractivity contribution in [2.75, 3.05) is 6.61 Å². The minimum absolute atomic E-state index is 0.0966. The van der Waals surface area contributed by atoms with Gasteiger partial charge in [0.2, 0.25) is 0 Å². The van der Waals surface area contributed by atoms with E-state index in [0.29, 0.717) is 24.2 Å². The van der Waals surface area contributed by atoms with E-state index in [4.69, 9.17) is 8.92 Å². The molecule has 1 aromatic heterocycles. The molecule has 0 spiro atoms. The Morgan fingerprint density at radius 2 is 1.97 bits per heavy atom. The van der Waals surface area contributed by atoms with Gasteiger partial charge in [-0.05, 0) is 77.7 Å². The molecule has 0 saturated heterocycles. The van der Waals surface area contributed by atoms with Crippen molar-refractivity contribution in [2.24, 2.45) is 0 Å². The third-order valence-corrected chi connectivity index (χ3v) is 7.66. The van der Waals surface area contributed by atoms with Crippen LogP contribution in [0.15, 0.2) is 57.2 Å². The molecule has 1 aliphatic rings. The Kier molecular flexibility index (Phi) is 5.79. The van der Waals surface area contributed by atoms with Gasteiger partial charge < -0.3 is 4.74 Å². The molecule has 1 atom stereocenters. The van der Waals surface area contributed by atoms with Crippen LogP contribution < -0.4 is 4.74 Å². The summed E-state index contributed by atoms with van der Waals surface area (Å²) in [6.07, 6.45) is 0.703. The molecule has 2 heterocycles. The molecular formula is C21H18BrFO4S2. The molecule has 0 saturated carbocycles. The van der Waals surface area contributed by atoms with Gasteiger partial charge in [-0.3, -0.25) is 4.18 Å². The predicted octanol–water partition coefficient (Wildman–Crippen LogP) is 5.72. The third kappa shape index (κ3) is 4.55. The van der Waals surface area contributed by atoms with E-state index in [-0.39, 0.29) is 17.3 Å². The SMILES string of the molecule is Cc1ccc(S(=O)(=O)OCC2CCc3cc(F)cc(-c4ccc(Br)s4)c3O2)cc1. The molecule has 0 bridgehead atoms. The average Bonchev–Trinajstić information content (AvgIpc) is 3.12. The number of fused-ring (bicyclic) bond motifs is 1. The van der Waals surface area contributed by atoms with Gasteiger partial charge in [0.15, 0.2) is 0 Å². The lowest BCUT2D eigenvalue weighted by Crippen LogP contribution is -2.29.